The highest BCUT2D eigenvalue weighted by Crippen LogP contribution is 2.18. The first-order valence-electron chi connectivity index (χ1n) is 5.41. The molecule has 0 saturated carbocycles. The molecule has 0 saturated heterocycles. The van der Waals surface area contributed by atoms with Crippen LogP contribution in [0.2, 0.25) is 0 Å². The summed E-state index contributed by atoms with van der Waals surface area (Å²) in [5, 5.41) is 10.3. The molecule has 0 aliphatic heterocycles. The molecule has 0 unspecified atom stereocenters. The van der Waals surface area contributed by atoms with Crippen LogP contribution >= 0.6 is 0 Å². The molecular weight excluding hydrogens is 254 g/mol. The summed E-state index contributed by atoms with van der Waals surface area (Å²) in [6, 6.07) is 3.97. The maximum Gasteiger partial charge on any atom is 0.319 e. The second-order valence-electron chi connectivity index (χ2n) is 4.27. The van der Waals surface area contributed by atoms with E-state index in [0.717, 1.165) is 0 Å². The van der Waals surface area contributed by atoms with Crippen LogP contribution in [-0.2, 0) is 10.0 Å². The number of nitrogens with two attached hydrogens (primary N) is 1. The van der Waals surface area contributed by atoms with Gasteiger partial charge in [0.05, 0.1) is 4.90 Å². The Hall–Kier alpha value is -1.60. The lowest BCUT2D eigenvalue weighted by atomic mass is 10.2. The summed E-state index contributed by atoms with van der Waals surface area (Å²) in [4.78, 5) is 11.5. The van der Waals surface area contributed by atoms with Gasteiger partial charge in [-0.2, -0.15) is 0 Å². The smallest absolute Gasteiger partial charge is 0.319 e. The summed E-state index contributed by atoms with van der Waals surface area (Å²) in [6.07, 6.45) is 0. The SMILES string of the molecule is Cc1cc(S(N)(=O)=O)ccc1NC(=O)NC(C)C. The van der Waals surface area contributed by atoms with Gasteiger partial charge in [-0.1, -0.05) is 0 Å². The number of urea groups is 1. The van der Waals surface area contributed by atoms with Gasteiger partial charge >= 0.3 is 6.03 Å². The molecule has 0 aliphatic carbocycles. The minimum atomic E-state index is -3.72. The van der Waals surface area contributed by atoms with Crippen LogP contribution in [0.25, 0.3) is 0 Å². The van der Waals surface area contributed by atoms with Gasteiger partial charge in [0.2, 0.25) is 10.0 Å². The number of carbonyl (C=O) groups excluding carboxylic acids is 1. The number of amides is 2. The van der Waals surface area contributed by atoms with Crippen molar-refractivity contribution in [3.05, 3.63) is 23.8 Å². The normalized spacial score (nSPS) is 11.4. The third-order valence-corrected chi connectivity index (χ3v) is 3.11. The standard InChI is InChI=1S/C11H17N3O3S/c1-7(2)13-11(15)14-10-5-4-9(6-8(10)3)18(12,16)17/h4-7H,1-3H3,(H2,12,16,17)(H2,13,14,15). The van der Waals surface area contributed by atoms with Gasteiger partial charge in [-0.25, -0.2) is 18.4 Å². The molecule has 100 valence electrons. The number of hydrogen-bond donors (Lipinski definition) is 3. The van der Waals surface area contributed by atoms with Crippen molar-refractivity contribution in [2.45, 2.75) is 31.7 Å². The summed E-state index contributed by atoms with van der Waals surface area (Å²) >= 11 is 0. The molecule has 0 fully saturated rings. The molecule has 0 heterocycles. The van der Waals surface area contributed by atoms with Gasteiger partial charge in [-0.05, 0) is 44.5 Å². The maximum atomic E-state index is 11.5. The third kappa shape index (κ3) is 4.01. The maximum absolute atomic E-state index is 11.5. The molecule has 7 heteroatoms. The van der Waals surface area contributed by atoms with Gasteiger partial charge < -0.3 is 10.6 Å². The van der Waals surface area contributed by atoms with Crippen LogP contribution in [0.5, 0.6) is 0 Å². The number of carbonyl (C=O) groups is 1. The number of sulfonamides is 1. The first-order valence-corrected chi connectivity index (χ1v) is 6.96. The van der Waals surface area contributed by atoms with Crippen LogP contribution in [0.15, 0.2) is 23.1 Å². The minimum Gasteiger partial charge on any atom is -0.336 e. The lowest BCUT2D eigenvalue weighted by Crippen LogP contribution is -2.34. The molecular formula is C11H17N3O3S. The fraction of sp³-hybridized carbons (Fsp3) is 0.364. The Morgan fingerprint density at radius 2 is 1.94 bits per heavy atom. The second kappa shape index (κ2) is 5.36. The lowest BCUT2D eigenvalue weighted by Gasteiger charge is -2.12. The van der Waals surface area contributed by atoms with Crippen molar-refractivity contribution >= 4 is 21.7 Å². The molecule has 0 aromatic heterocycles. The average molecular weight is 271 g/mol. The number of primary sulfonamides is 1. The average Bonchev–Trinajstić information content (AvgIpc) is 2.18. The number of nitrogens with one attached hydrogen (secondary N) is 2. The number of benzene rings is 1. The zero-order valence-electron chi connectivity index (χ0n) is 10.5. The van der Waals surface area contributed by atoms with E-state index >= 15 is 0 Å². The summed E-state index contributed by atoms with van der Waals surface area (Å²) in [5.41, 5.74) is 1.17. The van der Waals surface area contributed by atoms with Crippen molar-refractivity contribution in [2.24, 2.45) is 5.14 Å². The summed E-state index contributed by atoms with van der Waals surface area (Å²) < 4.78 is 22.3. The van der Waals surface area contributed by atoms with Crippen LogP contribution < -0.4 is 15.8 Å². The molecule has 0 radical (unpaired) electrons. The van der Waals surface area contributed by atoms with Crippen molar-refractivity contribution in [3.63, 3.8) is 0 Å². The molecule has 0 atom stereocenters. The van der Waals surface area contributed by atoms with Gasteiger partial charge in [0, 0.05) is 11.7 Å². The largest absolute Gasteiger partial charge is 0.336 e. The Labute approximate surface area is 107 Å². The fourth-order valence-electron chi connectivity index (χ4n) is 1.37. The molecule has 18 heavy (non-hydrogen) atoms. The van der Waals surface area contributed by atoms with Gasteiger partial charge in [0.25, 0.3) is 0 Å². The molecule has 0 aliphatic rings. The quantitative estimate of drug-likeness (QED) is 0.769. The number of hydrogen-bond acceptors (Lipinski definition) is 3. The second-order valence-corrected chi connectivity index (χ2v) is 5.84. The van der Waals surface area contributed by atoms with Crippen molar-refractivity contribution in [3.8, 4) is 0 Å². The van der Waals surface area contributed by atoms with Gasteiger partial charge in [-0.3, -0.25) is 0 Å². The number of rotatable bonds is 3. The fourth-order valence-corrected chi connectivity index (χ4v) is 1.97. The van der Waals surface area contributed by atoms with Crippen LogP contribution in [0.3, 0.4) is 0 Å². The van der Waals surface area contributed by atoms with Crippen LogP contribution in [-0.4, -0.2) is 20.5 Å². The van der Waals surface area contributed by atoms with E-state index in [9.17, 15) is 13.2 Å². The van der Waals surface area contributed by atoms with E-state index in [1.165, 1.54) is 18.2 Å². The van der Waals surface area contributed by atoms with Crippen LogP contribution in [0.4, 0.5) is 10.5 Å². The zero-order chi connectivity index (χ0) is 13.9. The van der Waals surface area contributed by atoms with E-state index in [4.69, 9.17) is 5.14 Å². The topological polar surface area (TPSA) is 101 Å². The third-order valence-electron chi connectivity index (χ3n) is 2.19. The van der Waals surface area contributed by atoms with Gasteiger partial charge in [0.15, 0.2) is 0 Å². The Morgan fingerprint density at radius 3 is 2.39 bits per heavy atom. The van der Waals surface area contributed by atoms with E-state index in [-0.39, 0.29) is 17.0 Å². The van der Waals surface area contributed by atoms with E-state index in [2.05, 4.69) is 10.6 Å². The van der Waals surface area contributed by atoms with E-state index < -0.39 is 10.0 Å². The van der Waals surface area contributed by atoms with E-state index in [1.54, 1.807) is 6.92 Å². The zero-order valence-corrected chi connectivity index (χ0v) is 11.3. The number of anilines is 1. The predicted octanol–water partition coefficient (Wildman–Crippen LogP) is 1.17. The summed E-state index contributed by atoms with van der Waals surface area (Å²) in [5.74, 6) is 0. The Balaban J connectivity index is 2.90. The van der Waals surface area contributed by atoms with Crippen molar-refractivity contribution in [2.75, 3.05) is 5.32 Å². The minimum absolute atomic E-state index is 0.0222. The summed E-state index contributed by atoms with van der Waals surface area (Å²) in [6.45, 7) is 5.38. The lowest BCUT2D eigenvalue weighted by molar-refractivity contribution is 0.250. The van der Waals surface area contributed by atoms with Crippen molar-refractivity contribution in [1.29, 1.82) is 0 Å². The van der Waals surface area contributed by atoms with E-state index in [1.807, 2.05) is 13.8 Å². The molecule has 4 N–H and O–H groups in total. The van der Waals surface area contributed by atoms with Gasteiger partial charge in [0.1, 0.15) is 0 Å². The van der Waals surface area contributed by atoms with Crippen molar-refractivity contribution in [1.82, 2.24) is 5.32 Å². The Bertz CT molecular complexity index is 553. The first kappa shape index (κ1) is 14.5. The van der Waals surface area contributed by atoms with Gasteiger partial charge in [-0.15, -0.1) is 0 Å². The highest BCUT2D eigenvalue weighted by molar-refractivity contribution is 7.89. The Kier molecular flexibility index (Phi) is 4.31. The van der Waals surface area contributed by atoms with Crippen LogP contribution in [0.1, 0.15) is 19.4 Å². The van der Waals surface area contributed by atoms with Crippen molar-refractivity contribution < 1.29 is 13.2 Å². The summed E-state index contributed by atoms with van der Waals surface area (Å²) in [7, 11) is -3.72. The molecule has 6 nitrogen and oxygen atoms in total. The van der Waals surface area contributed by atoms with E-state index in [0.29, 0.717) is 11.3 Å². The molecule has 0 bridgehead atoms. The predicted molar refractivity (Wildman–Crippen MR) is 69.8 cm³/mol. The Morgan fingerprint density at radius 1 is 1.33 bits per heavy atom. The molecule has 2 amide bonds. The monoisotopic (exact) mass is 271 g/mol. The highest BCUT2D eigenvalue weighted by atomic mass is 32.2. The molecule has 1 aromatic carbocycles. The number of aryl methyl sites for hydroxylation is 1. The first-order chi connectivity index (χ1) is 8.20. The molecule has 0 spiro atoms. The molecule has 1 rings (SSSR count). The molecule has 1 aromatic rings. The highest BCUT2D eigenvalue weighted by Gasteiger charge is 2.11. The van der Waals surface area contributed by atoms with Crippen LogP contribution in [0, 0.1) is 6.92 Å².